The van der Waals surface area contributed by atoms with E-state index in [1.165, 1.54) is 16.4 Å². The molecule has 1 aromatic heterocycles. The third kappa shape index (κ3) is 4.08. The van der Waals surface area contributed by atoms with Crippen LogP contribution in [-0.4, -0.2) is 26.0 Å². The first kappa shape index (κ1) is 21.6. The quantitative estimate of drug-likeness (QED) is 0.445. The molecule has 0 bridgehead atoms. The molecule has 0 aliphatic carbocycles. The summed E-state index contributed by atoms with van der Waals surface area (Å²) in [6.45, 7) is 12.4. The maximum absolute atomic E-state index is 13.0. The molecule has 4 aromatic rings. The second kappa shape index (κ2) is 7.79. The fraction of sp³-hybridized carbons (Fsp3) is 0.269. The molecule has 0 unspecified atom stereocenters. The molecule has 0 spiro atoms. The summed E-state index contributed by atoms with van der Waals surface area (Å²) in [5.74, 6) is -0.220. The highest BCUT2D eigenvalue weighted by Crippen LogP contribution is 2.29. The van der Waals surface area contributed by atoms with Crippen LogP contribution in [0, 0.1) is 20.8 Å². The Morgan fingerprint density at radius 2 is 1.56 bits per heavy atom. The van der Waals surface area contributed by atoms with Crippen molar-refractivity contribution < 1.29 is 9.90 Å². The number of anilines is 1. The Hall–Kier alpha value is -3.67. The van der Waals surface area contributed by atoms with Gasteiger partial charge in [-0.25, -0.2) is 0 Å². The van der Waals surface area contributed by atoms with Gasteiger partial charge < -0.3 is 10.4 Å². The van der Waals surface area contributed by atoms with Gasteiger partial charge in [0, 0.05) is 17.3 Å². The van der Waals surface area contributed by atoms with Crippen LogP contribution in [-0.2, 0) is 5.41 Å². The molecule has 32 heavy (non-hydrogen) atoms. The maximum atomic E-state index is 13.0. The molecule has 4 rings (SSSR count). The number of aromatic hydroxyl groups is 1. The number of fused-ring (bicyclic) bond motifs is 1. The first-order chi connectivity index (χ1) is 15.0. The number of phenolic OH excluding ortho intramolecular Hbond substituents is 1. The van der Waals surface area contributed by atoms with E-state index in [0.29, 0.717) is 16.9 Å². The van der Waals surface area contributed by atoms with Crippen LogP contribution in [0.3, 0.4) is 0 Å². The second-order valence-corrected chi connectivity index (χ2v) is 9.37. The van der Waals surface area contributed by atoms with Gasteiger partial charge in [-0.3, -0.25) is 4.79 Å². The molecule has 6 heteroatoms. The van der Waals surface area contributed by atoms with Gasteiger partial charge in [-0.1, -0.05) is 39.0 Å². The number of aryl methyl sites for hydroxylation is 3. The Kier molecular flexibility index (Phi) is 5.25. The Balaban J connectivity index is 1.60. The maximum Gasteiger partial charge on any atom is 0.256 e. The predicted molar refractivity (Wildman–Crippen MR) is 128 cm³/mol. The largest absolute Gasteiger partial charge is 0.506 e. The van der Waals surface area contributed by atoms with E-state index >= 15 is 0 Å². The molecular formula is C26H28N4O2. The van der Waals surface area contributed by atoms with E-state index in [1.54, 1.807) is 12.1 Å². The Morgan fingerprint density at radius 1 is 0.906 bits per heavy atom. The first-order valence-corrected chi connectivity index (χ1v) is 10.6. The van der Waals surface area contributed by atoms with E-state index in [2.05, 4.69) is 48.4 Å². The minimum absolute atomic E-state index is 0.0101. The fourth-order valence-electron chi connectivity index (χ4n) is 3.85. The number of benzene rings is 3. The SMILES string of the molecule is Cc1ccc2nn(-c3ccc(NC(=O)c4c(C)cc(C(C)(C)C)cc4C)cc3O)nc2c1. The van der Waals surface area contributed by atoms with Gasteiger partial charge in [-0.15, -0.1) is 15.0 Å². The zero-order chi connectivity index (χ0) is 23.2. The molecule has 1 amide bonds. The number of rotatable bonds is 3. The van der Waals surface area contributed by atoms with Crippen LogP contribution < -0.4 is 5.32 Å². The van der Waals surface area contributed by atoms with Crippen LogP contribution >= 0.6 is 0 Å². The second-order valence-electron chi connectivity index (χ2n) is 9.37. The lowest BCUT2D eigenvalue weighted by molar-refractivity contribution is 0.102. The molecule has 3 aromatic carbocycles. The molecule has 6 nitrogen and oxygen atoms in total. The summed E-state index contributed by atoms with van der Waals surface area (Å²) in [5, 5.41) is 22.4. The van der Waals surface area contributed by atoms with Gasteiger partial charge in [0.1, 0.15) is 22.5 Å². The van der Waals surface area contributed by atoms with Crippen LogP contribution in [0.2, 0.25) is 0 Å². The molecule has 1 heterocycles. The van der Waals surface area contributed by atoms with Crippen molar-refractivity contribution in [1.82, 2.24) is 15.0 Å². The van der Waals surface area contributed by atoms with Crippen LogP contribution in [0.5, 0.6) is 5.75 Å². The van der Waals surface area contributed by atoms with Crippen LogP contribution in [0.25, 0.3) is 16.7 Å². The summed E-state index contributed by atoms with van der Waals surface area (Å²) in [5.41, 5.74) is 7.25. The zero-order valence-electron chi connectivity index (χ0n) is 19.3. The Morgan fingerprint density at radius 3 is 2.19 bits per heavy atom. The van der Waals surface area contributed by atoms with Gasteiger partial charge >= 0.3 is 0 Å². The van der Waals surface area contributed by atoms with Crippen LogP contribution in [0.1, 0.15) is 53.4 Å². The Labute approximate surface area is 187 Å². The molecule has 0 radical (unpaired) electrons. The minimum Gasteiger partial charge on any atom is -0.506 e. The number of hydrogen-bond donors (Lipinski definition) is 2. The molecule has 0 aliphatic rings. The number of carbonyl (C=O) groups is 1. The molecule has 164 valence electrons. The summed E-state index contributed by atoms with van der Waals surface area (Å²) < 4.78 is 0. The van der Waals surface area contributed by atoms with Crippen LogP contribution in [0.15, 0.2) is 48.5 Å². The third-order valence-corrected chi connectivity index (χ3v) is 5.61. The summed E-state index contributed by atoms with van der Waals surface area (Å²) in [7, 11) is 0. The number of hydrogen-bond acceptors (Lipinski definition) is 4. The van der Waals surface area contributed by atoms with E-state index < -0.39 is 0 Å². The highest BCUT2D eigenvalue weighted by atomic mass is 16.3. The molecule has 0 fully saturated rings. The minimum atomic E-state index is -0.203. The summed E-state index contributed by atoms with van der Waals surface area (Å²) in [6.07, 6.45) is 0. The standard InChI is InChI=1S/C26H28N4O2/c1-15-7-9-20-21(11-15)29-30(28-20)22-10-8-19(14-23(22)31)27-25(32)24-16(2)12-18(13-17(24)3)26(4,5)6/h7-14,31H,1-6H3,(H,27,32). The van der Waals surface area contributed by atoms with Crippen molar-refractivity contribution >= 4 is 22.6 Å². The molecule has 0 saturated heterocycles. The summed E-state index contributed by atoms with van der Waals surface area (Å²) in [4.78, 5) is 14.4. The van der Waals surface area contributed by atoms with Gasteiger partial charge in [-0.05, 0) is 72.7 Å². The summed E-state index contributed by atoms with van der Waals surface area (Å²) >= 11 is 0. The van der Waals surface area contributed by atoms with E-state index in [4.69, 9.17) is 0 Å². The average molecular weight is 429 g/mol. The lowest BCUT2D eigenvalue weighted by atomic mass is 9.83. The number of amides is 1. The molecule has 2 N–H and O–H groups in total. The van der Waals surface area contributed by atoms with Gasteiger partial charge in [0.15, 0.2) is 0 Å². The highest BCUT2D eigenvalue weighted by Gasteiger charge is 2.20. The van der Waals surface area contributed by atoms with E-state index in [1.807, 2.05) is 39.0 Å². The van der Waals surface area contributed by atoms with Crippen LogP contribution in [0.4, 0.5) is 5.69 Å². The lowest BCUT2D eigenvalue weighted by Gasteiger charge is -2.22. The van der Waals surface area contributed by atoms with Crippen molar-refractivity contribution in [3.63, 3.8) is 0 Å². The van der Waals surface area contributed by atoms with Crippen molar-refractivity contribution in [2.75, 3.05) is 5.32 Å². The van der Waals surface area contributed by atoms with Crippen molar-refractivity contribution in [1.29, 1.82) is 0 Å². The fourth-order valence-corrected chi connectivity index (χ4v) is 3.85. The number of aromatic nitrogens is 3. The van der Waals surface area contributed by atoms with Crippen molar-refractivity contribution in [2.24, 2.45) is 0 Å². The molecule has 0 aliphatic heterocycles. The Bertz CT molecular complexity index is 1320. The van der Waals surface area contributed by atoms with E-state index in [0.717, 1.165) is 27.7 Å². The van der Waals surface area contributed by atoms with Gasteiger partial charge in [0.2, 0.25) is 0 Å². The summed E-state index contributed by atoms with van der Waals surface area (Å²) in [6, 6.07) is 14.9. The number of nitrogens with zero attached hydrogens (tertiary/aromatic N) is 3. The number of carbonyl (C=O) groups excluding carboxylic acids is 1. The topological polar surface area (TPSA) is 80.0 Å². The van der Waals surface area contributed by atoms with Gasteiger partial charge in [0.05, 0.1) is 0 Å². The molecule has 0 atom stereocenters. The van der Waals surface area contributed by atoms with Crippen molar-refractivity contribution in [2.45, 2.75) is 47.0 Å². The molecular weight excluding hydrogens is 400 g/mol. The van der Waals surface area contributed by atoms with E-state index in [9.17, 15) is 9.90 Å². The molecule has 0 saturated carbocycles. The average Bonchev–Trinajstić information content (AvgIpc) is 3.09. The highest BCUT2D eigenvalue weighted by molar-refractivity contribution is 6.06. The predicted octanol–water partition coefficient (Wildman–Crippen LogP) is 5.60. The van der Waals surface area contributed by atoms with Gasteiger partial charge in [0.25, 0.3) is 5.91 Å². The smallest absolute Gasteiger partial charge is 0.256 e. The van der Waals surface area contributed by atoms with Crippen molar-refractivity contribution in [3.8, 4) is 11.4 Å². The van der Waals surface area contributed by atoms with E-state index in [-0.39, 0.29) is 17.1 Å². The zero-order valence-corrected chi connectivity index (χ0v) is 19.3. The number of nitrogens with one attached hydrogen (secondary N) is 1. The first-order valence-electron chi connectivity index (χ1n) is 10.6. The monoisotopic (exact) mass is 428 g/mol. The number of phenols is 1. The third-order valence-electron chi connectivity index (χ3n) is 5.61. The normalized spacial score (nSPS) is 11.7. The van der Waals surface area contributed by atoms with Crippen molar-refractivity contribution in [3.05, 3.63) is 76.3 Å². The van der Waals surface area contributed by atoms with Gasteiger partial charge in [-0.2, -0.15) is 0 Å². The lowest BCUT2D eigenvalue weighted by Crippen LogP contribution is -2.18.